The van der Waals surface area contributed by atoms with E-state index in [0.29, 0.717) is 11.5 Å². The molecule has 0 N–H and O–H groups in total. The summed E-state index contributed by atoms with van der Waals surface area (Å²) in [5.74, 6) is 0.0264. The van der Waals surface area contributed by atoms with E-state index in [9.17, 15) is 17.6 Å². The van der Waals surface area contributed by atoms with Gasteiger partial charge in [-0.2, -0.15) is 13.2 Å². The summed E-state index contributed by atoms with van der Waals surface area (Å²) in [6.07, 6.45) is 5.44. The molecule has 0 amide bonds. The minimum Gasteiger partial charge on any atom is -0.410 e. The molecule has 2 saturated carbocycles. The maximum atomic E-state index is 14.3. The molecule has 8 heteroatoms. The molecule has 0 saturated heterocycles. The van der Waals surface area contributed by atoms with Crippen molar-refractivity contribution < 1.29 is 26.7 Å². The van der Waals surface area contributed by atoms with Crippen LogP contribution in [0.4, 0.5) is 17.6 Å². The summed E-state index contributed by atoms with van der Waals surface area (Å²) < 4.78 is 67.4. The summed E-state index contributed by atoms with van der Waals surface area (Å²) in [5.41, 5.74) is 6.54. The third kappa shape index (κ3) is 6.72. The van der Waals surface area contributed by atoms with Crippen LogP contribution in [-0.4, -0.2) is 13.3 Å². The molecule has 3 aromatic rings. The first-order chi connectivity index (χ1) is 21.7. The lowest BCUT2D eigenvalue weighted by molar-refractivity contribution is -0.137. The molecule has 0 aliphatic heterocycles. The Morgan fingerprint density at radius 1 is 0.891 bits per heavy atom. The molecule has 3 aliphatic rings. The van der Waals surface area contributed by atoms with Gasteiger partial charge in [-0.05, 0) is 103 Å². The molecule has 6 rings (SSSR count). The maximum absolute atomic E-state index is 14.3. The van der Waals surface area contributed by atoms with Gasteiger partial charge in [-0.15, -0.1) is 0 Å². The number of hydrogen-bond donors (Lipinski definition) is 0. The second-order valence-electron chi connectivity index (χ2n) is 15.5. The Balaban J connectivity index is 1.47. The molecule has 3 aliphatic carbocycles. The number of pyridine rings is 1. The predicted octanol–water partition coefficient (Wildman–Crippen LogP) is 11.5. The van der Waals surface area contributed by atoms with Gasteiger partial charge in [0, 0.05) is 28.4 Å². The second kappa shape index (κ2) is 12.5. The van der Waals surface area contributed by atoms with Gasteiger partial charge in [0.05, 0.1) is 24.9 Å². The molecule has 1 aromatic heterocycles. The van der Waals surface area contributed by atoms with Gasteiger partial charge in [0.2, 0.25) is 0 Å². The van der Waals surface area contributed by atoms with Crippen LogP contribution in [0, 0.1) is 11.2 Å². The van der Waals surface area contributed by atoms with Gasteiger partial charge in [0.25, 0.3) is 0 Å². The van der Waals surface area contributed by atoms with Crippen LogP contribution < -0.4 is 0 Å². The van der Waals surface area contributed by atoms with Crippen LogP contribution in [-0.2, 0) is 35.0 Å². The Morgan fingerprint density at radius 2 is 1.54 bits per heavy atom. The lowest BCUT2D eigenvalue weighted by Crippen LogP contribution is -2.46. The van der Waals surface area contributed by atoms with E-state index in [0.717, 1.165) is 84.3 Å². The van der Waals surface area contributed by atoms with Crippen LogP contribution in [0.25, 0.3) is 11.1 Å². The molecule has 1 atom stereocenters. The van der Waals surface area contributed by atoms with Crippen LogP contribution >= 0.6 is 0 Å². The first-order valence-corrected chi connectivity index (χ1v) is 19.8. The summed E-state index contributed by atoms with van der Waals surface area (Å²) in [4.78, 5) is 5.54. The number of rotatable bonds is 8. The summed E-state index contributed by atoms with van der Waals surface area (Å²) >= 11 is 0. The van der Waals surface area contributed by atoms with Gasteiger partial charge in [0.1, 0.15) is 5.82 Å². The number of fused-ring (bicyclic) bond motifs is 1. The van der Waals surface area contributed by atoms with Crippen molar-refractivity contribution in [2.24, 2.45) is 5.41 Å². The van der Waals surface area contributed by atoms with Crippen LogP contribution in [0.5, 0.6) is 0 Å². The highest BCUT2D eigenvalue weighted by Crippen LogP contribution is 2.58. The van der Waals surface area contributed by atoms with E-state index in [1.54, 1.807) is 0 Å². The average Bonchev–Trinajstić information content (AvgIpc) is 3.50. The molecule has 1 unspecified atom stereocenters. The van der Waals surface area contributed by atoms with E-state index < -0.39 is 20.1 Å². The Kier molecular flexibility index (Phi) is 9.05. The molecular weight excluding hydrogens is 607 g/mol. The number of ether oxygens (including phenoxy) is 1. The molecule has 3 nitrogen and oxygen atoms in total. The second-order valence-corrected chi connectivity index (χ2v) is 20.2. The van der Waals surface area contributed by atoms with Crippen LogP contribution in [0.3, 0.4) is 0 Å². The van der Waals surface area contributed by atoms with Gasteiger partial charge in [-0.1, -0.05) is 64.3 Å². The SMILES string of the molecule is CC(C)(C)[Si](C)(C)OC1CC2(CCC2)Cc2nc(C3CCCC3)c(COCc3ccc(C(F)(F)F)cc3)c(-c3ccc(F)cc3)c21. The zero-order chi connectivity index (χ0) is 32.9. The quantitative estimate of drug-likeness (QED) is 0.179. The Bertz CT molecular complexity index is 1530. The molecule has 0 radical (unpaired) electrons. The van der Waals surface area contributed by atoms with Crippen molar-refractivity contribution in [2.45, 2.75) is 128 Å². The summed E-state index contributed by atoms with van der Waals surface area (Å²) in [7, 11) is -2.19. The fraction of sp³-hybridized carbons (Fsp3) is 0.553. The largest absolute Gasteiger partial charge is 0.416 e. The molecule has 248 valence electrons. The molecule has 2 aromatic carbocycles. The van der Waals surface area contributed by atoms with Crippen LogP contribution in [0.2, 0.25) is 18.1 Å². The number of benzene rings is 2. The van der Waals surface area contributed by atoms with E-state index in [2.05, 4.69) is 33.9 Å². The highest BCUT2D eigenvalue weighted by molar-refractivity contribution is 6.74. The lowest BCUT2D eigenvalue weighted by atomic mass is 9.59. The van der Waals surface area contributed by atoms with E-state index in [4.69, 9.17) is 14.1 Å². The Labute approximate surface area is 272 Å². The monoisotopic (exact) mass is 653 g/mol. The Morgan fingerprint density at radius 3 is 2.11 bits per heavy atom. The number of aromatic nitrogens is 1. The predicted molar refractivity (Wildman–Crippen MR) is 176 cm³/mol. The van der Waals surface area contributed by atoms with E-state index in [-0.39, 0.29) is 35.6 Å². The van der Waals surface area contributed by atoms with E-state index in [1.165, 1.54) is 43.5 Å². The average molecular weight is 654 g/mol. The number of nitrogens with zero attached hydrogens (tertiary/aromatic N) is 1. The topological polar surface area (TPSA) is 31.4 Å². The van der Waals surface area contributed by atoms with Crippen LogP contribution in [0.1, 0.15) is 118 Å². The summed E-state index contributed by atoms with van der Waals surface area (Å²) in [6.45, 7) is 11.9. The summed E-state index contributed by atoms with van der Waals surface area (Å²) in [6, 6.07) is 11.9. The van der Waals surface area contributed by atoms with Gasteiger partial charge in [0.15, 0.2) is 8.32 Å². The zero-order valence-corrected chi connectivity index (χ0v) is 28.8. The van der Waals surface area contributed by atoms with E-state index in [1.807, 2.05) is 12.1 Å². The highest BCUT2D eigenvalue weighted by atomic mass is 28.4. The zero-order valence-electron chi connectivity index (χ0n) is 27.8. The first-order valence-electron chi connectivity index (χ1n) is 16.9. The third-order valence-electron chi connectivity index (χ3n) is 11.3. The summed E-state index contributed by atoms with van der Waals surface area (Å²) in [5, 5.41) is 0.0260. The lowest BCUT2D eigenvalue weighted by Gasteiger charge is -2.51. The van der Waals surface area contributed by atoms with Crippen molar-refractivity contribution in [3.05, 3.63) is 88.0 Å². The molecule has 1 heterocycles. The van der Waals surface area contributed by atoms with Crippen LogP contribution in [0.15, 0.2) is 48.5 Å². The van der Waals surface area contributed by atoms with Crippen molar-refractivity contribution >= 4 is 8.32 Å². The first kappa shape index (κ1) is 33.4. The van der Waals surface area contributed by atoms with Gasteiger partial charge in [-0.25, -0.2) is 4.39 Å². The van der Waals surface area contributed by atoms with Crippen molar-refractivity contribution in [3.63, 3.8) is 0 Å². The fourth-order valence-electron chi connectivity index (χ4n) is 7.49. The van der Waals surface area contributed by atoms with Gasteiger partial charge >= 0.3 is 6.18 Å². The molecule has 46 heavy (non-hydrogen) atoms. The molecular formula is C38H47F4NO2Si. The number of halogens is 4. The van der Waals surface area contributed by atoms with Crippen molar-refractivity contribution in [3.8, 4) is 11.1 Å². The normalized spacial score (nSPS) is 20.2. The van der Waals surface area contributed by atoms with Crippen molar-refractivity contribution in [2.75, 3.05) is 0 Å². The van der Waals surface area contributed by atoms with Gasteiger partial charge in [-0.3, -0.25) is 4.98 Å². The van der Waals surface area contributed by atoms with E-state index >= 15 is 0 Å². The number of alkyl halides is 3. The van der Waals surface area contributed by atoms with Crippen molar-refractivity contribution in [1.29, 1.82) is 0 Å². The molecule has 2 fully saturated rings. The molecule has 1 spiro atoms. The van der Waals surface area contributed by atoms with Gasteiger partial charge < -0.3 is 9.16 Å². The standard InChI is InChI=1S/C38H47F4NO2Si/c1-36(2,3)46(4,5)45-32-22-37(19-8-20-37)21-31-34(32)33(26-13-17-29(39)18-14-26)30(35(43-31)27-9-6-7-10-27)24-44-23-25-11-15-28(16-12-25)38(40,41)42/h11-18,27,32H,6-10,19-24H2,1-5H3. The molecule has 0 bridgehead atoms. The van der Waals surface area contributed by atoms with Crippen molar-refractivity contribution in [1.82, 2.24) is 4.98 Å². The fourth-order valence-corrected chi connectivity index (χ4v) is 8.76. The third-order valence-corrected chi connectivity index (χ3v) is 15.7. The minimum atomic E-state index is -4.38. The smallest absolute Gasteiger partial charge is 0.410 e. The minimum absolute atomic E-state index is 0.0260. The maximum Gasteiger partial charge on any atom is 0.416 e. The highest BCUT2D eigenvalue weighted by Gasteiger charge is 2.49. The Hall–Kier alpha value is -2.55. The number of hydrogen-bond acceptors (Lipinski definition) is 3.